The average molecular weight is 226 g/mol. The Morgan fingerprint density at radius 1 is 0.923 bits per heavy atom. The van der Waals surface area contributed by atoms with Gasteiger partial charge in [0.25, 0.3) is 0 Å². The van der Waals surface area contributed by atoms with Crippen LogP contribution in [0.15, 0.2) is 31.3 Å². The van der Waals surface area contributed by atoms with E-state index >= 15 is 0 Å². The lowest BCUT2D eigenvalue weighted by molar-refractivity contribution is 1.49. The summed E-state index contributed by atoms with van der Waals surface area (Å²) in [4.78, 5) is 0. The standard InChI is InChI=1S/C10H10S3/c1-7-3-9(11-5-7)13-10-4-8(2)6-12-10/h3-6H,1-2H3. The highest BCUT2D eigenvalue weighted by Gasteiger charge is 2.01. The maximum absolute atomic E-state index is 2.24. The van der Waals surface area contributed by atoms with Crippen LogP contribution in [0.4, 0.5) is 0 Å². The Labute approximate surface area is 90.6 Å². The monoisotopic (exact) mass is 226 g/mol. The summed E-state index contributed by atoms with van der Waals surface area (Å²) in [6, 6.07) is 4.48. The minimum absolute atomic E-state index is 1.36. The molecule has 2 aromatic rings. The largest absolute Gasteiger partial charge is 0.137 e. The highest BCUT2D eigenvalue weighted by molar-refractivity contribution is 8.02. The second-order valence-electron chi connectivity index (χ2n) is 2.99. The summed E-state index contributed by atoms with van der Waals surface area (Å²) in [7, 11) is 0. The summed E-state index contributed by atoms with van der Waals surface area (Å²) >= 11 is 5.51. The molecule has 0 saturated heterocycles. The van der Waals surface area contributed by atoms with Gasteiger partial charge in [-0.2, -0.15) is 0 Å². The van der Waals surface area contributed by atoms with Gasteiger partial charge in [-0.05, 0) is 47.9 Å². The molecule has 0 nitrogen and oxygen atoms in total. The van der Waals surface area contributed by atoms with E-state index in [1.807, 2.05) is 34.4 Å². The zero-order valence-electron chi connectivity index (χ0n) is 7.53. The normalized spacial score (nSPS) is 10.6. The van der Waals surface area contributed by atoms with Crippen molar-refractivity contribution < 1.29 is 0 Å². The number of hydrogen-bond donors (Lipinski definition) is 0. The van der Waals surface area contributed by atoms with Crippen molar-refractivity contribution in [3.63, 3.8) is 0 Å². The van der Waals surface area contributed by atoms with Crippen LogP contribution in [0.25, 0.3) is 0 Å². The summed E-state index contributed by atoms with van der Waals surface area (Å²) in [6.45, 7) is 4.28. The maximum Gasteiger partial charge on any atom is 0.0657 e. The molecule has 0 bridgehead atoms. The molecule has 13 heavy (non-hydrogen) atoms. The van der Waals surface area contributed by atoms with Gasteiger partial charge in [-0.3, -0.25) is 0 Å². The van der Waals surface area contributed by atoms with Crippen molar-refractivity contribution in [2.24, 2.45) is 0 Å². The lowest BCUT2D eigenvalue weighted by Crippen LogP contribution is -1.59. The molecular formula is C10H10S3. The molecule has 0 amide bonds. The Kier molecular flexibility index (Phi) is 2.77. The molecule has 0 N–H and O–H groups in total. The van der Waals surface area contributed by atoms with Crippen molar-refractivity contribution in [2.75, 3.05) is 0 Å². The van der Waals surface area contributed by atoms with Gasteiger partial charge in [0.1, 0.15) is 0 Å². The molecule has 2 rings (SSSR count). The first kappa shape index (κ1) is 9.31. The predicted octanol–water partition coefficient (Wildman–Crippen LogP) is 4.58. The average Bonchev–Trinajstić information content (AvgIpc) is 2.62. The van der Waals surface area contributed by atoms with Crippen molar-refractivity contribution in [1.82, 2.24) is 0 Å². The molecule has 2 heterocycles. The molecule has 0 saturated carbocycles. The highest BCUT2D eigenvalue weighted by Crippen LogP contribution is 2.36. The molecule has 0 aliphatic heterocycles. The molecule has 0 fully saturated rings. The van der Waals surface area contributed by atoms with E-state index in [9.17, 15) is 0 Å². The number of aryl methyl sites for hydroxylation is 2. The van der Waals surface area contributed by atoms with Crippen molar-refractivity contribution >= 4 is 34.4 Å². The quantitative estimate of drug-likeness (QED) is 0.722. The first-order valence-corrected chi connectivity index (χ1v) is 6.60. The molecule has 3 heteroatoms. The molecule has 0 aromatic carbocycles. The second kappa shape index (κ2) is 3.86. The van der Waals surface area contributed by atoms with Gasteiger partial charge in [-0.25, -0.2) is 0 Å². The molecule has 68 valence electrons. The van der Waals surface area contributed by atoms with Gasteiger partial charge >= 0.3 is 0 Å². The lowest BCUT2D eigenvalue weighted by atomic mass is 10.4. The number of rotatable bonds is 2. The Balaban J connectivity index is 2.14. The number of hydrogen-bond acceptors (Lipinski definition) is 3. The Morgan fingerprint density at radius 2 is 1.38 bits per heavy atom. The van der Waals surface area contributed by atoms with E-state index in [0.29, 0.717) is 0 Å². The van der Waals surface area contributed by atoms with E-state index in [0.717, 1.165) is 0 Å². The van der Waals surface area contributed by atoms with Crippen molar-refractivity contribution in [3.05, 3.63) is 34.0 Å². The van der Waals surface area contributed by atoms with E-state index in [1.54, 1.807) is 0 Å². The molecule has 0 atom stereocenters. The van der Waals surface area contributed by atoms with Crippen molar-refractivity contribution in [3.8, 4) is 0 Å². The molecule has 0 aliphatic rings. The number of thiophene rings is 2. The van der Waals surface area contributed by atoms with Crippen molar-refractivity contribution in [2.45, 2.75) is 22.3 Å². The lowest BCUT2D eigenvalue weighted by Gasteiger charge is -1.90. The fraction of sp³-hybridized carbons (Fsp3) is 0.200. The summed E-state index contributed by atoms with van der Waals surface area (Å²) in [6.07, 6.45) is 0. The van der Waals surface area contributed by atoms with Crippen LogP contribution in [-0.2, 0) is 0 Å². The first-order chi connectivity index (χ1) is 6.24. The van der Waals surface area contributed by atoms with E-state index in [2.05, 4.69) is 36.7 Å². The van der Waals surface area contributed by atoms with Crippen LogP contribution in [0.2, 0.25) is 0 Å². The summed E-state index contributed by atoms with van der Waals surface area (Å²) in [5.74, 6) is 0. The minimum atomic E-state index is 1.36. The second-order valence-corrected chi connectivity index (χ2v) is 6.41. The van der Waals surface area contributed by atoms with Crippen LogP contribution in [0.1, 0.15) is 11.1 Å². The summed E-state index contributed by atoms with van der Waals surface area (Å²) in [5.41, 5.74) is 2.72. The molecule has 0 radical (unpaired) electrons. The van der Waals surface area contributed by atoms with Crippen molar-refractivity contribution in [1.29, 1.82) is 0 Å². The topological polar surface area (TPSA) is 0 Å². The Hall–Kier alpha value is -0.250. The fourth-order valence-electron chi connectivity index (χ4n) is 1.02. The Bertz CT molecular complexity index is 359. The van der Waals surface area contributed by atoms with Crippen LogP contribution in [-0.4, -0.2) is 0 Å². The SMILES string of the molecule is Cc1csc(Sc2cc(C)cs2)c1. The highest BCUT2D eigenvalue weighted by atomic mass is 32.2. The van der Waals surface area contributed by atoms with Gasteiger partial charge in [0.2, 0.25) is 0 Å². The van der Waals surface area contributed by atoms with E-state index in [1.165, 1.54) is 19.5 Å². The van der Waals surface area contributed by atoms with Gasteiger partial charge in [-0.1, -0.05) is 11.8 Å². The Morgan fingerprint density at radius 3 is 1.69 bits per heavy atom. The molecule has 0 aliphatic carbocycles. The third-order valence-corrected chi connectivity index (χ3v) is 5.01. The van der Waals surface area contributed by atoms with Gasteiger partial charge < -0.3 is 0 Å². The van der Waals surface area contributed by atoms with E-state index < -0.39 is 0 Å². The molecule has 2 aromatic heterocycles. The van der Waals surface area contributed by atoms with Crippen LogP contribution in [0.5, 0.6) is 0 Å². The van der Waals surface area contributed by atoms with Gasteiger partial charge in [0.15, 0.2) is 0 Å². The van der Waals surface area contributed by atoms with Crippen LogP contribution in [0.3, 0.4) is 0 Å². The van der Waals surface area contributed by atoms with Gasteiger partial charge in [0.05, 0.1) is 8.42 Å². The maximum atomic E-state index is 2.24. The molecular weight excluding hydrogens is 216 g/mol. The zero-order chi connectivity index (χ0) is 9.26. The van der Waals surface area contributed by atoms with E-state index in [4.69, 9.17) is 0 Å². The first-order valence-electron chi connectivity index (χ1n) is 4.02. The van der Waals surface area contributed by atoms with Gasteiger partial charge in [-0.15, -0.1) is 22.7 Å². The molecule has 0 unspecified atom stereocenters. The fourth-order valence-corrected chi connectivity index (χ4v) is 4.32. The summed E-state index contributed by atoms with van der Waals surface area (Å²) < 4.78 is 2.78. The van der Waals surface area contributed by atoms with Crippen LogP contribution < -0.4 is 0 Å². The smallest absolute Gasteiger partial charge is 0.0657 e. The van der Waals surface area contributed by atoms with Crippen LogP contribution >= 0.6 is 34.4 Å². The minimum Gasteiger partial charge on any atom is -0.137 e. The summed E-state index contributed by atoms with van der Waals surface area (Å²) in [5, 5.41) is 4.39. The third-order valence-electron chi connectivity index (χ3n) is 1.61. The predicted molar refractivity (Wildman–Crippen MR) is 62.2 cm³/mol. The van der Waals surface area contributed by atoms with Gasteiger partial charge in [0, 0.05) is 0 Å². The van der Waals surface area contributed by atoms with E-state index in [-0.39, 0.29) is 0 Å². The van der Waals surface area contributed by atoms with Crippen LogP contribution in [0, 0.1) is 13.8 Å². The zero-order valence-corrected chi connectivity index (χ0v) is 9.98. The third kappa shape index (κ3) is 2.36. The molecule has 0 spiro atoms.